The summed E-state index contributed by atoms with van der Waals surface area (Å²) in [6.07, 6.45) is 6.22. The van der Waals surface area contributed by atoms with Crippen LogP contribution < -0.4 is 0 Å². The molecular weight excluding hydrogens is 1030 g/mol. The summed E-state index contributed by atoms with van der Waals surface area (Å²) in [5.41, 5.74) is 20.1. The highest BCUT2D eigenvalue weighted by Crippen LogP contribution is 2.44. The van der Waals surface area contributed by atoms with Crippen LogP contribution in [-0.4, -0.2) is 27.4 Å². The lowest BCUT2D eigenvalue weighted by atomic mass is 10.1. The number of aromatic nitrogens is 6. The lowest BCUT2D eigenvalue weighted by Crippen LogP contribution is -2.02. The molecule has 400 valence electrons. The van der Waals surface area contributed by atoms with Gasteiger partial charge in [-0.25, -0.2) is 0 Å². The molecule has 0 unspecified atom stereocenters. The van der Waals surface area contributed by atoms with E-state index in [2.05, 4.69) is 313 Å². The number of allylic oxidation sites excluding steroid dienone is 3. The third-order valence-electron chi connectivity index (χ3n) is 18.3. The Labute approximate surface area is 489 Å². The zero-order valence-electron chi connectivity index (χ0n) is 46.6. The summed E-state index contributed by atoms with van der Waals surface area (Å²) in [6, 6.07) is 98.7. The standard InChI is InChI=1S/C79H54N6/c1-2-3-22-51(81-72-40-17-9-32-61(72)65-50-77-66(49-76(65)81)62-33-10-18-41-73(62)84(77)54-25-20-23-52(47-54)82-68-36-13-4-27-56(68)57-28-5-14-37-69(57)82)45-46-80-67-35-12-11-34-64(67)78-75(80)44-43-63-60-31-8-19-42-74(60)85(79(63)78)55-26-21-24-53(48-55)83-70-38-15-6-29-58(70)59-30-7-16-39-71(59)83/h2,4-21,23-45,47-50H,1,3,22,46H2/b51-45+. The first-order chi connectivity index (χ1) is 42.2. The van der Waals surface area contributed by atoms with Gasteiger partial charge in [-0.2, -0.15) is 0 Å². The van der Waals surface area contributed by atoms with Gasteiger partial charge in [0.2, 0.25) is 0 Å². The molecule has 6 nitrogen and oxygen atoms in total. The van der Waals surface area contributed by atoms with Crippen molar-refractivity contribution in [3.05, 3.63) is 286 Å². The molecule has 85 heavy (non-hydrogen) atoms. The molecule has 0 aliphatic rings. The fraction of sp³-hybridized carbons (Fsp3) is 0.0380. The molecule has 18 rings (SSSR count). The van der Waals surface area contributed by atoms with E-state index in [0.717, 1.165) is 35.6 Å². The smallest absolute Gasteiger partial charge is 0.0641 e. The van der Waals surface area contributed by atoms with Gasteiger partial charge in [-0.15, -0.1) is 6.58 Å². The minimum Gasteiger partial charge on any atom is -0.336 e. The molecule has 0 atom stereocenters. The van der Waals surface area contributed by atoms with Crippen LogP contribution in [0.5, 0.6) is 0 Å². The first-order valence-corrected chi connectivity index (χ1v) is 29.6. The molecule has 0 fully saturated rings. The van der Waals surface area contributed by atoms with Crippen LogP contribution in [0.25, 0.3) is 159 Å². The molecule has 0 saturated carbocycles. The molecule has 0 radical (unpaired) electrons. The summed E-state index contributed by atoms with van der Waals surface area (Å²) < 4.78 is 14.9. The molecule has 0 bridgehead atoms. The first kappa shape index (κ1) is 47.5. The Hall–Kier alpha value is -11.1. The normalized spacial score (nSPS) is 12.5. The molecular formula is C79H54N6. The van der Waals surface area contributed by atoms with E-state index in [1.54, 1.807) is 0 Å². The average Bonchev–Trinajstić information content (AvgIpc) is 1.89. The van der Waals surface area contributed by atoms with Crippen molar-refractivity contribution in [3.8, 4) is 22.7 Å². The largest absolute Gasteiger partial charge is 0.336 e. The van der Waals surface area contributed by atoms with Crippen LogP contribution in [0.15, 0.2) is 286 Å². The molecule has 0 saturated heterocycles. The summed E-state index contributed by atoms with van der Waals surface area (Å²) in [6.45, 7) is 4.94. The molecule has 6 heteroatoms. The first-order valence-electron chi connectivity index (χ1n) is 29.6. The topological polar surface area (TPSA) is 29.6 Å². The third-order valence-corrected chi connectivity index (χ3v) is 18.3. The van der Waals surface area contributed by atoms with Gasteiger partial charge in [0.25, 0.3) is 0 Å². The van der Waals surface area contributed by atoms with E-state index < -0.39 is 0 Å². The van der Waals surface area contributed by atoms with Crippen molar-refractivity contribution in [3.63, 3.8) is 0 Å². The van der Waals surface area contributed by atoms with Gasteiger partial charge in [-0.3, -0.25) is 0 Å². The molecule has 6 aromatic heterocycles. The summed E-state index contributed by atoms with van der Waals surface area (Å²) in [4.78, 5) is 0. The van der Waals surface area contributed by atoms with Crippen LogP contribution in [0.3, 0.4) is 0 Å². The van der Waals surface area contributed by atoms with E-state index in [0.29, 0.717) is 6.54 Å². The summed E-state index contributed by atoms with van der Waals surface area (Å²) in [5.74, 6) is 0. The summed E-state index contributed by atoms with van der Waals surface area (Å²) >= 11 is 0. The number of benzene rings is 12. The molecule has 18 aromatic rings. The second kappa shape index (κ2) is 18.5. The fourth-order valence-electron chi connectivity index (χ4n) is 14.8. The highest BCUT2D eigenvalue weighted by Gasteiger charge is 2.24. The van der Waals surface area contributed by atoms with Gasteiger partial charge in [0.05, 0.1) is 60.7 Å². The van der Waals surface area contributed by atoms with Crippen molar-refractivity contribution in [2.45, 2.75) is 19.4 Å². The van der Waals surface area contributed by atoms with Gasteiger partial charge in [0.15, 0.2) is 0 Å². The molecule has 0 aliphatic carbocycles. The highest BCUT2D eigenvalue weighted by molar-refractivity contribution is 6.26. The van der Waals surface area contributed by atoms with Crippen LogP contribution in [-0.2, 0) is 6.54 Å². The summed E-state index contributed by atoms with van der Waals surface area (Å²) in [5, 5.41) is 14.9. The van der Waals surface area contributed by atoms with Gasteiger partial charge in [-0.05, 0) is 122 Å². The van der Waals surface area contributed by atoms with Gasteiger partial charge >= 0.3 is 0 Å². The zero-order chi connectivity index (χ0) is 55.9. The average molecular weight is 1090 g/mol. The molecule has 0 aliphatic heterocycles. The van der Waals surface area contributed by atoms with Crippen molar-refractivity contribution in [1.82, 2.24) is 27.4 Å². The third kappa shape index (κ3) is 6.88. The van der Waals surface area contributed by atoms with E-state index in [1.165, 1.54) is 137 Å². The second-order valence-electron chi connectivity index (χ2n) is 22.7. The van der Waals surface area contributed by atoms with Gasteiger partial charge in [-0.1, -0.05) is 170 Å². The van der Waals surface area contributed by atoms with Crippen LogP contribution in [0.1, 0.15) is 12.8 Å². The number of para-hydroxylation sites is 8. The predicted octanol–water partition coefficient (Wildman–Crippen LogP) is 20.8. The molecule has 0 spiro atoms. The quantitative estimate of drug-likeness (QED) is 0.122. The second-order valence-corrected chi connectivity index (χ2v) is 22.7. The Morgan fingerprint density at radius 3 is 1.18 bits per heavy atom. The maximum absolute atomic E-state index is 4.27. The number of hydrogen-bond acceptors (Lipinski definition) is 0. The minimum absolute atomic E-state index is 0.670. The van der Waals surface area contributed by atoms with Gasteiger partial charge < -0.3 is 27.4 Å². The van der Waals surface area contributed by atoms with Crippen LogP contribution in [0, 0.1) is 0 Å². The molecule has 12 aromatic carbocycles. The van der Waals surface area contributed by atoms with Gasteiger partial charge in [0.1, 0.15) is 0 Å². The number of rotatable bonds is 10. The van der Waals surface area contributed by atoms with Crippen LogP contribution >= 0.6 is 0 Å². The monoisotopic (exact) mass is 1090 g/mol. The van der Waals surface area contributed by atoms with E-state index in [4.69, 9.17) is 0 Å². The predicted molar refractivity (Wildman–Crippen MR) is 360 cm³/mol. The maximum Gasteiger partial charge on any atom is 0.0641 e. The Morgan fingerprint density at radius 1 is 0.294 bits per heavy atom. The van der Waals surface area contributed by atoms with Crippen LogP contribution in [0.4, 0.5) is 0 Å². The lowest BCUT2D eigenvalue weighted by molar-refractivity contribution is 0.881. The number of hydrogen-bond donors (Lipinski definition) is 0. The van der Waals surface area contributed by atoms with Gasteiger partial charge in [0, 0.05) is 105 Å². The lowest BCUT2D eigenvalue weighted by Gasteiger charge is -2.15. The Bertz CT molecular complexity index is 5750. The SMILES string of the molecule is C=CCC/C(=C\Cn1c2ccccc2c2c1ccc1c3ccccc3n(-c3cccc(-n4c5ccccc5c5ccccc54)c3)c12)n1c2ccccc2c2cc3c(cc21)c1ccccc1n3-c1cccc(-n2c3ccccc3c3ccccc32)c1. The van der Waals surface area contributed by atoms with Crippen LogP contribution in [0.2, 0.25) is 0 Å². The van der Waals surface area contributed by atoms with Crippen molar-refractivity contribution < 1.29 is 0 Å². The fourth-order valence-corrected chi connectivity index (χ4v) is 14.8. The number of fused-ring (bicyclic) bond motifs is 19. The van der Waals surface area contributed by atoms with E-state index >= 15 is 0 Å². The van der Waals surface area contributed by atoms with E-state index in [-0.39, 0.29) is 0 Å². The Balaban J connectivity index is 0.816. The van der Waals surface area contributed by atoms with E-state index in [9.17, 15) is 0 Å². The van der Waals surface area contributed by atoms with Crippen molar-refractivity contribution in [2.24, 2.45) is 0 Å². The molecule has 6 heterocycles. The molecule has 0 N–H and O–H groups in total. The summed E-state index contributed by atoms with van der Waals surface area (Å²) in [7, 11) is 0. The van der Waals surface area contributed by atoms with Crippen molar-refractivity contribution in [1.29, 1.82) is 0 Å². The highest BCUT2D eigenvalue weighted by atomic mass is 15.0. The van der Waals surface area contributed by atoms with Crippen molar-refractivity contribution in [2.75, 3.05) is 0 Å². The van der Waals surface area contributed by atoms with Crippen molar-refractivity contribution >= 4 is 137 Å². The Morgan fingerprint density at radius 2 is 0.671 bits per heavy atom. The van der Waals surface area contributed by atoms with E-state index in [1.807, 2.05) is 0 Å². The maximum atomic E-state index is 4.27. The number of nitrogens with zero attached hydrogens (tertiary/aromatic N) is 6. The Kier molecular flexibility index (Phi) is 10.3. The minimum atomic E-state index is 0.670. The molecule has 0 amide bonds. The zero-order valence-corrected chi connectivity index (χ0v) is 46.6.